The van der Waals surface area contributed by atoms with E-state index in [9.17, 15) is 4.79 Å². The summed E-state index contributed by atoms with van der Waals surface area (Å²) in [5.74, 6) is 1.36. The molecular weight excluding hydrogens is 340 g/mol. The second-order valence-corrected chi connectivity index (χ2v) is 6.11. The topological polar surface area (TPSA) is 77.6 Å². The van der Waals surface area contributed by atoms with Gasteiger partial charge in [0.1, 0.15) is 17.3 Å². The molecule has 0 aliphatic carbocycles. The Balaban J connectivity index is 1.53. The quantitative estimate of drug-likeness (QED) is 0.607. The maximum absolute atomic E-state index is 12.6. The Morgan fingerprint density at radius 3 is 2.56 bits per heavy atom. The van der Waals surface area contributed by atoms with E-state index in [1.165, 1.54) is 0 Å². The van der Waals surface area contributed by atoms with Gasteiger partial charge in [-0.2, -0.15) is 5.10 Å². The average Bonchev–Trinajstić information content (AvgIpc) is 3.29. The predicted molar refractivity (Wildman–Crippen MR) is 103 cm³/mol. The highest BCUT2D eigenvalue weighted by Gasteiger charge is 2.14. The van der Waals surface area contributed by atoms with E-state index in [0.29, 0.717) is 11.4 Å². The first-order chi connectivity index (χ1) is 13.1. The van der Waals surface area contributed by atoms with E-state index in [4.69, 9.17) is 0 Å². The van der Waals surface area contributed by atoms with Crippen molar-refractivity contribution in [2.45, 2.75) is 6.92 Å². The minimum absolute atomic E-state index is 0.236. The number of hydrogen-bond donors (Lipinski definition) is 1. The van der Waals surface area contributed by atoms with E-state index in [1.807, 2.05) is 60.2 Å². The van der Waals surface area contributed by atoms with E-state index in [1.54, 1.807) is 30.2 Å². The molecule has 0 atom stereocenters. The number of amides is 1. The van der Waals surface area contributed by atoms with Crippen molar-refractivity contribution in [3.8, 4) is 17.1 Å². The maximum Gasteiger partial charge on any atom is 0.273 e. The molecule has 4 aromatic rings. The van der Waals surface area contributed by atoms with Gasteiger partial charge in [-0.1, -0.05) is 30.3 Å². The summed E-state index contributed by atoms with van der Waals surface area (Å²) < 4.78 is 3.45. The molecule has 0 saturated heterocycles. The lowest BCUT2D eigenvalue weighted by Crippen LogP contribution is -2.16. The number of nitrogens with zero attached hydrogens (tertiary/aromatic N) is 5. The highest BCUT2D eigenvalue weighted by atomic mass is 16.2. The van der Waals surface area contributed by atoms with Gasteiger partial charge in [0.15, 0.2) is 0 Å². The van der Waals surface area contributed by atoms with Crippen molar-refractivity contribution in [1.29, 1.82) is 0 Å². The Bertz CT molecular complexity index is 1080. The van der Waals surface area contributed by atoms with Crippen LogP contribution in [0.1, 0.15) is 16.3 Å². The first-order valence-corrected chi connectivity index (χ1v) is 8.49. The summed E-state index contributed by atoms with van der Waals surface area (Å²) in [6.45, 7) is 1.91. The Morgan fingerprint density at radius 2 is 1.89 bits per heavy atom. The number of anilines is 1. The maximum atomic E-state index is 12.6. The monoisotopic (exact) mass is 358 g/mol. The van der Waals surface area contributed by atoms with E-state index in [2.05, 4.69) is 20.4 Å². The number of nitrogens with one attached hydrogen (secondary N) is 1. The van der Waals surface area contributed by atoms with Crippen LogP contribution >= 0.6 is 0 Å². The van der Waals surface area contributed by atoms with E-state index < -0.39 is 0 Å². The normalized spacial score (nSPS) is 10.7. The van der Waals surface area contributed by atoms with Crippen LogP contribution in [0.4, 0.5) is 5.69 Å². The zero-order chi connectivity index (χ0) is 18.8. The third kappa shape index (κ3) is 3.35. The van der Waals surface area contributed by atoms with Crippen molar-refractivity contribution in [3.05, 3.63) is 78.6 Å². The zero-order valence-electron chi connectivity index (χ0n) is 15.0. The molecule has 0 bridgehead atoms. The molecule has 3 aromatic heterocycles. The molecule has 3 heterocycles. The van der Waals surface area contributed by atoms with Crippen LogP contribution in [-0.4, -0.2) is 30.2 Å². The van der Waals surface area contributed by atoms with Gasteiger partial charge in [0.05, 0.1) is 17.6 Å². The number of rotatable bonds is 4. The highest BCUT2D eigenvalue weighted by Crippen LogP contribution is 2.19. The van der Waals surface area contributed by atoms with Crippen LogP contribution in [-0.2, 0) is 7.05 Å². The molecule has 0 fully saturated rings. The Morgan fingerprint density at radius 1 is 1.07 bits per heavy atom. The molecule has 1 amide bonds. The number of pyridine rings is 1. The molecule has 0 unspecified atom stereocenters. The fraction of sp³-hybridized carbons (Fsp3) is 0.100. The second kappa shape index (κ2) is 6.87. The first-order valence-electron chi connectivity index (χ1n) is 8.49. The van der Waals surface area contributed by atoms with Gasteiger partial charge >= 0.3 is 0 Å². The predicted octanol–water partition coefficient (Wildman–Crippen LogP) is 3.23. The molecule has 1 N–H and O–H groups in total. The molecule has 0 radical (unpaired) electrons. The SMILES string of the molecule is Cc1nccn1-c1ccc(NC(=O)c2cc(-c3ccccc3)nn2C)cn1. The number of hydrogen-bond acceptors (Lipinski definition) is 4. The molecule has 134 valence electrons. The van der Waals surface area contributed by atoms with Gasteiger partial charge in [-0.25, -0.2) is 9.97 Å². The van der Waals surface area contributed by atoms with Crippen molar-refractivity contribution in [2.75, 3.05) is 5.32 Å². The lowest BCUT2D eigenvalue weighted by atomic mass is 10.1. The lowest BCUT2D eigenvalue weighted by Gasteiger charge is -2.07. The third-order valence-corrected chi connectivity index (χ3v) is 4.26. The Hall–Kier alpha value is -3.74. The third-order valence-electron chi connectivity index (χ3n) is 4.26. The van der Waals surface area contributed by atoms with Crippen molar-refractivity contribution < 1.29 is 4.79 Å². The molecule has 7 heteroatoms. The highest BCUT2D eigenvalue weighted by molar-refractivity contribution is 6.03. The standard InChI is InChI=1S/C20H18N6O/c1-14-21-10-11-26(14)19-9-8-16(13-22-19)23-20(27)18-12-17(24-25(18)2)15-6-4-3-5-7-15/h3-13H,1-2H3,(H,23,27). The van der Waals surface area contributed by atoms with Gasteiger partial charge in [-0.15, -0.1) is 0 Å². The number of aromatic nitrogens is 5. The number of aryl methyl sites for hydroxylation is 2. The average molecular weight is 358 g/mol. The molecule has 7 nitrogen and oxygen atoms in total. The lowest BCUT2D eigenvalue weighted by molar-refractivity contribution is 0.101. The fourth-order valence-electron chi connectivity index (χ4n) is 2.85. The van der Waals surface area contributed by atoms with Crippen molar-refractivity contribution in [2.24, 2.45) is 7.05 Å². The van der Waals surface area contributed by atoms with Crippen molar-refractivity contribution in [1.82, 2.24) is 24.3 Å². The molecule has 0 saturated carbocycles. The fourth-order valence-corrected chi connectivity index (χ4v) is 2.85. The molecule has 1 aromatic carbocycles. The minimum Gasteiger partial charge on any atom is -0.319 e. The smallest absolute Gasteiger partial charge is 0.273 e. The summed E-state index contributed by atoms with van der Waals surface area (Å²) in [5.41, 5.74) is 2.81. The van der Waals surface area contributed by atoms with E-state index in [-0.39, 0.29) is 5.91 Å². The molecule has 27 heavy (non-hydrogen) atoms. The number of imidazole rings is 1. The Kier molecular flexibility index (Phi) is 4.25. The minimum atomic E-state index is -0.236. The summed E-state index contributed by atoms with van der Waals surface area (Å²) in [6.07, 6.45) is 5.19. The van der Waals surface area contributed by atoms with Crippen molar-refractivity contribution in [3.63, 3.8) is 0 Å². The van der Waals surface area contributed by atoms with Gasteiger partial charge in [-0.05, 0) is 25.1 Å². The van der Waals surface area contributed by atoms with Gasteiger partial charge in [0, 0.05) is 25.0 Å². The van der Waals surface area contributed by atoms with Crippen LogP contribution in [0.15, 0.2) is 67.1 Å². The van der Waals surface area contributed by atoms with E-state index >= 15 is 0 Å². The van der Waals surface area contributed by atoms with Gasteiger partial charge in [0.25, 0.3) is 5.91 Å². The summed E-state index contributed by atoms with van der Waals surface area (Å²) in [7, 11) is 1.75. The summed E-state index contributed by atoms with van der Waals surface area (Å²) in [6, 6.07) is 15.2. The molecule has 4 rings (SSSR count). The van der Waals surface area contributed by atoms with Crippen LogP contribution in [0.2, 0.25) is 0 Å². The summed E-state index contributed by atoms with van der Waals surface area (Å²) in [4.78, 5) is 21.2. The van der Waals surface area contributed by atoms with Crippen LogP contribution in [0, 0.1) is 6.92 Å². The molecule has 0 aliphatic rings. The summed E-state index contributed by atoms with van der Waals surface area (Å²) >= 11 is 0. The van der Waals surface area contributed by atoms with Crippen LogP contribution in [0.25, 0.3) is 17.1 Å². The van der Waals surface area contributed by atoms with Crippen molar-refractivity contribution >= 4 is 11.6 Å². The molecule has 0 aliphatic heterocycles. The zero-order valence-corrected chi connectivity index (χ0v) is 15.0. The van der Waals surface area contributed by atoms with Crippen LogP contribution < -0.4 is 5.32 Å². The second-order valence-electron chi connectivity index (χ2n) is 6.11. The number of carbonyl (C=O) groups excluding carboxylic acids is 1. The van der Waals surface area contributed by atoms with E-state index in [0.717, 1.165) is 22.9 Å². The summed E-state index contributed by atoms with van der Waals surface area (Å²) in [5, 5.41) is 7.29. The number of benzene rings is 1. The Labute approximate surface area is 156 Å². The van der Waals surface area contributed by atoms with Crippen LogP contribution in [0.5, 0.6) is 0 Å². The molecule has 0 spiro atoms. The van der Waals surface area contributed by atoms with Gasteiger partial charge < -0.3 is 5.32 Å². The number of carbonyl (C=O) groups is 1. The largest absolute Gasteiger partial charge is 0.319 e. The first kappa shape index (κ1) is 16.7. The van der Waals surface area contributed by atoms with Gasteiger partial charge in [-0.3, -0.25) is 14.0 Å². The van der Waals surface area contributed by atoms with Gasteiger partial charge in [0.2, 0.25) is 0 Å². The van der Waals surface area contributed by atoms with Crippen LogP contribution in [0.3, 0.4) is 0 Å². The molecular formula is C20H18N6O.